The molecule has 0 radical (unpaired) electrons. The lowest BCUT2D eigenvalue weighted by Crippen LogP contribution is -2.22. The summed E-state index contributed by atoms with van der Waals surface area (Å²) in [7, 11) is 0. The molecule has 0 saturated carbocycles. The molecule has 1 aromatic rings. The van der Waals surface area contributed by atoms with Crippen LogP contribution in [0.2, 0.25) is 5.02 Å². The zero-order valence-corrected chi connectivity index (χ0v) is 8.11. The number of nitrogens with two attached hydrogens (primary N) is 2. The summed E-state index contributed by atoms with van der Waals surface area (Å²) in [5.74, 6) is -0.395. The van der Waals surface area contributed by atoms with E-state index in [1.807, 2.05) is 0 Å². The SMILES string of the molecule is Cc1ccc(F)c([C@@H](N)CN)c1Cl. The van der Waals surface area contributed by atoms with Crippen molar-refractivity contribution < 1.29 is 4.39 Å². The van der Waals surface area contributed by atoms with Crippen molar-refractivity contribution in [3.63, 3.8) is 0 Å². The normalized spacial score (nSPS) is 13.0. The number of hydrogen-bond donors (Lipinski definition) is 2. The second-order valence-corrected chi connectivity index (χ2v) is 3.31. The van der Waals surface area contributed by atoms with Gasteiger partial charge in [0, 0.05) is 18.2 Å². The van der Waals surface area contributed by atoms with Crippen LogP contribution in [0, 0.1) is 12.7 Å². The summed E-state index contributed by atoms with van der Waals surface area (Å²) >= 11 is 5.90. The smallest absolute Gasteiger partial charge is 0.129 e. The van der Waals surface area contributed by atoms with Crippen LogP contribution in [-0.2, 0) is 0 Å². The third-order valence-electron chi connectivity index (χ3n) is 1.94. The minimum absolute atomic E-state index is 0.181. The maximum absolute atomic E-state index is 13.2. The first kappa shape index (κ1) is 10.4. The summed E-state index contributed by atoms with van der Waals surface area (Å²) in [5.41, 5.74) is 12.1. The average molecular weight is 203 g/mol. The molecule has 0 saturated heterocycles. The zero-order valence-electron chi connectivity index (χ0n) is 7.35. The molecule has 0 unspecified atom stereocenters. The van der Waals surface area contributed by atoms with E-state index in [9.17, 15) is 4.39 Å². The predicted molar refractivity (Wildman–Crippen MR) is 52.1 cm³/mol. The first-order valence-electron chi connectivity index (χ1n) is 3.98. The molecule has 1 aromatic carbocycles. The lowest BCUT2D eigenvalue weighted by atomic mass is 10.0. The predicted octanol–water partition coefficient (Wildman–Crippen LogP) is 1.75. The minimum Gasteiger partial charge on any atom is -0.329 e. The monoisotopic (exact) mass is 202 g/mol. The highest BCUT2D eigenvalue weighted by molar-refractivity contribution is 6.32. The van der Waals surface area contributed by atoms with Crippen molar-refractivity contribution in [2.75, 3.05) is 6.54 Å². The molecule has 0 amide bonds. The molecule has 0 bridgehead atoms. The molecule has 0 aromatic heterocycles. The van der Waals surface area contributed by atoms with Crippen LogP contribution in [0.5, 0.6) is 0 Å². The molecule has 0 heterocycles. The Balaban J connectivity index is 3.25. The van der Waals surface area contributed by atoms with Gasteiger partial charge < -0.3 is 11.5 Å². The number of aryl methyl sites for hydroxylation is 1. The van der Waals surface area contributed by atoms with Gasteiger partial charge >= 0.3 is 0 Å². The Morgan fingerprint density at radius 3 is 2.69 bits per heavy atom. The third kappa shape index (κ3) is 1.99. The Kier molecular flexibility index (Phi) is 3.25. The van der Waals surface area contributed by atoms with Crippen molar-refractivity contribution in [2.45, 2.75) is 13.0 Å². The van der Waals surface area contributed by atoms with E-state index in [1.54, 1.807) is 13.0 Å². The van der Waals surface area contributed by atoms with Crippen LogP contribution >= 0.6 is 11.6 Å². The van der Waals surface area contributed by atoms with E-state index < -0.39 is 11.9 Å². The molecule has 1 atom stereocenters. The molecule has 0 spiro atoms. The molecule has 72 valence electrons. The topological polar surface area (TPSA) is 52.0 Å². The molecule has 13 heavy (non-hydrogen) atoms. The Morgan fingerprint density at radius 2 is 2.15 bits per heavy atom. The van der Waals surface area contributed by atoms with E-state index in [0.29, 0.717) is 10.6 Å². The number of rotatable bonds is 2. The van der Waals surface area contributed by atoms with Gasteiger partial charge in [0.15, 0.2) is 0 Å². The van der Waals surface area contributed by atoms with Gasteiger partial charge in [-0.1, -0.05) is 17.7 Å². The molecule has 0 aliphatic heterocycles. The molecular formula is C9H12ClFN2. The Hall–Kier alpha value is -0.640. The van der Waals surface area contributed by atoms with Crippen molar-refractivity contribution >= 4 is 11.6 Å². The van der Waals surface area contributed by atoms with Crippen molar-refractivity contribution in [3.05, 3.63) is 34.1 Å². The minimum atomic E-state index is -0.535. The van der Waals surface area contributed by atoms with Gasteiger partial charge in [-0.2, -0.15) is 0 Å². The maximum atomic E-state index is 13.2. The number of benzene rings is 1. The van der Waals surface area contributed by atoms with Gasteiger partial charge in [0.2, 0.25) is 0 Å². The van der Waals surface area contributed by atoms with Gasteiger partial charge in [-0.15, -0.1) is 0 Å². The van der Waals surface area contributed by atoms with Gasteiger partial charge in [-0.05, 0) is 18.6 Å². The van der Waals surface area contributed by atoms with E-state index in [4.69, 9.17) is 23.1 Å². The maximum Gasteiger partial charge on any atom is 0.129 e. The molecule has 2 nitrogen and oxygen atoms in total. The third-order valence-corrected chi connectivity index (χ3v) is 2.45. The van der Waals surface area contributed by atoms with E-state index in [2.05, 4.69) is 0 Å². The van der Waals surface area contributed by atoms with Crippen molar-refractivity contribution in [1.82, 2.24) is 0 Å². The fraction of sp³-hybridized carbons (Fsp3) is 0.333. The lowest BCUT2D eigenvalue weighted by molar-refractivity contribution is 0.583. The summed E-state index contributed by atoms with van der Waals surface area (Å²) < 4.78 is 13.2. The van der Waals surface area contributed by atoms with Crippen LogP contribution in [0.15, 0.2) is 12.1 Å². The molecule has 0 aliphatic rings. The fourth-order valence-electron chi connectivity index (χ4n) is 1.14. The summed E-state index contributed by atoms with van der Waals surface area (Å²) in [6.07, 6.45) is 0. The molecule has 4 N–H and O–H groups in total. The number of hydrogen-bond acceptors (Lipinski definition) is 2. The van der Waals surface area contributed by atoms with Crippen molar-refractivity contribution in [3.8, 4) is 0 Å². The van der Waals surface area contributed by atoms with Gasteiger partial charge in [0.05, 0.1) is 5.02 Å². The van der Waals surface area contributed by atoms with Crippen LogP contribution in [0.25, 0.3) is 0 Å². The second-order valence-electron chi connectivity index (χ2n) is 2.93. The van der Waals surface area contributed by atoms with Crippen LogP contribution in [0.4, 0.5) is 4.39 Å². The molecule has 0 aliphatic carbocycles. The first-order chi connectivity index (χ1) is 6.07. The largest absolute Gasteiger partial charge is 0.329 e. The van der Waals surface area contributed by atoms with Crippen molar-refractivity contribution in [2.24, 2.45) is 11.5 Å². The van der Waals surface area contributed by atoms with Crippen LogP contribution < -0.4 is 11.5 Å². The van der Waals surface area contributed by atoms with Crippen molar-refractivity contribution in [1.29, 1.82) is 0 Å². The fourth-order valence-corrected chi connectivity index (χ4v) is 1.43. The average Bonchev–Trinajstić information content (AvgIpc) is 2.12. The van der Waals surface area contributed by atoms with Crippen LogP contribution in [0.3, 0.4) is 0 Å². The lowest BCUT2D eigenvalue weighted by Gasteiger charge is -2.13. The highest BCUT2D eigenvalue weighted by atomic mass is 35.5. The summed E-state index contributed by atoms with van der Waals surface area (Å²) in [6.45, 7) is 1.98. The molecule has 0 fully saturated rings. The van der Waals surface area contributed by atoms with E-state index >= 15 is 0 Å². The van der Waals surface area contributed by atoms with E-state index in [0.717, 1.165) is 5.56 Å². The van der Waals surface area contributed by atoms with Gasteiger partial charge in [0.1, 0.15) is 5.82 Å². The Morgan fingerprint density at radius 1 is 1.54 bits per heavy atom. The van der Waals surface area contributed by atoms with E-state index in [-0.39, 0.29) is 6.54 Å². The summed E-state index contributed by atoms with van der Waals surface area (Å²) in [5, 5.41) is 0.373. The van der Waals surface area contributed by atoms with Crippen LogP contribution in [0.1, 0.15) is 17.2 Å². The standard InChI is InChI=1S/C9H12ClFN2/c1-5-2-3-6(11)8(9(5)10)7(13)4-12/h2-3,7H,4,12-13H2,1H3/t7-/m0/s1. The summed E-state index contributed by atoms with van der Waals surface area (Å²) in [4.78, 5) is 0. The molecular weight excluding hydrogens is 191 g/mol. The number of halogens is 2. The van der Waals surface area contributed by atoms with Gasteiger partial charge in [-0.25, -0.2) is 4.39 Å². The summed E-state index contributed by atoms with van der Waals surface area (Å²) in [6, 6.07) is 2.43. The van der Waals surface area contributed by atoms with E-state index in [1.165, 1.54) is 6.07 Å². The van der Waals surface area contributed by atoms with Crippen LogP contribution in [-0.4, -0.2) is 6.54 Å². The quantitative estimate of drug-likeness (QED) is 0.768. The molecule has 1 rings (SSSR count). The first-order valence-corrected chi connectivity index (χ1v) is 4.36. The Bertz CT molecular complexity index is 315. The zero-order chi connectivity index (χ0) is 10.0. The second kappa shape index (κ2) is 4.05. The molecule has 4 heteroatoms. The highest BCUT2D eigenvalue weighted by Gasteiger charge is 2.15. The Labute approximate surface area is 81.7 Å². The van der Waals surface area contributed by atoms with Gasteiger partial charge in [0.25, 0.3) is 0 Å². The highest BCUT2D eigenvalue weighted by Crippen LogP contribution is 2.27. The van der Waals surface area contributed by atoms with Gasteiger partial charge in [-0.3, -0.25) is 0 Å².